The van der Waals surface area contributed by atoms with Gasteiger partial charge in [0, 0.05) is 18.2 Å². The largest absolute Gasteiger partial charge is 0.480 e. The first-order chi connectivity index (χ1) is 7.52. The Morgan fingerprint density at radius 3 is 2.75 bits per heavy atom. The molecule has 1 aliphatic rings. The van der Waals surface area contributed by atoms with Gasteiger partial charge in [0.1, 0.15) is 6.04 Å². The van der Waals surface area contributed by atoms with Crippen LogP contribution in [0.25, 0.3) is 0 Å². The standard InChI is InChI=1S/C12H16N2O2/c1-6-3-4-7(2)11-9(6)8(5-14-11)10(13)12(15)16/h3-4,8,10,14H,5,13H2,1-2H3,(H,15,16). The summed E-state index contributed by atoms with van der Waals surface area (Å²) in [5, 5.41) is 12.2. The molecule has 0 saturated carbocycles. The Bertz CT molecular complexity index is 443. The zero-order chi connectivity index (χ0) is 11.9. The highest BCUT2D eigenvalue weighted by Crippen LogP contribution is 2.37. The van der Waals surface area contributed by atoms with Gasteiger partial charge in [0.2, 0.25) is 0 Å². The average molecular weight is 220 g/mol. The molecule has 0 bridgehead atoms. The molecule has 0 aromatic heterocycles. The Labute approximate surface area is 94.5 Å². The Kier molecular flexibility index (Phi) is 2.59. The maximum atomic E-state index is 10.9. The van der Waals surface area contributed by atoms with Crippen LogP contribution in [-0.2, 0) is 4.79 Å². The summed E-state index contributed by atoms with van der Waals surface area (Å²) in [6.45, 7) is 4.61. The average Bonchev–Trinajstić information content (AvgIpc) is 2.67. The van der Waals surface area contributed by atoms with Gasteiger partial charge in [0.05, 0.1) is 0 Å². The van der Waals surface area contributed by atoms with E-state index in [2.05, 4.69) is 5.32 Å². The molecular weight excluding hydrogens is 204 g/mol. The van der Waals surface area contributed by atoms with E-state index >= 15 is 0 Å². The lowest BCUT2D eigenvalue weighted by atomic mass is 9.89. The van der Waals surface area contributed by atoms with E-state index in [0.717, 1.165) is 22.4 Å². The second-order valence-corrected chi connectivity index (χ2v) is 4.34. The highest BCUT2D eigenvalue weighted by molar-refractivity contribution is 5.77. The number of anilines is 1. The van der Waals surface area contributed by atoms with Gasteiger partial charge >= 0.3 is 5.97 Å². The smallest absolute Gasteiger partial charge is 0.321 e. The molecule has 4 nitrogen and oxygen atoms in total. The van der Waals surface area contributed by atoms with Crippen LogP contribution >= 0.6 is 0 Å². The summed E-state index contributed by atoms with van der Waals surface area (Å²) in [4.78, 5) is 10.9. The number of carboxylic acid groups (broad SMARTS) is 1. The molecule has 86 valence electrons. The van der Waals surface area contributed by atoms with Crippen LogP contribution in [0.5, 0.6) is 0 Å². The number of rotatable bonds is 2. The fourth-order valence-corrected chi connectivity index (χ4v) is 2.34. The Hall–Kier alpha value is -1.55. The number of carbonyl (C=O) groups is 1. The van der Waals surface area contributed by atoms with E-state index < -0.39 is 12.0 Å². The molecule has 4 heteroatoms. The van der Waals surface area contributed by atoms with Gasteiger partial charge in [-0.3, -0.25) is 4.79 Å². The third kappa shape index (κ3) is 1.55. The van der Waals surface area contributed by atoms with Crippen molar-refractivity contribution in [1.82, 2.24) is 0 Å². The summed E-state index contributed by atoms with van der Waals surface area (Å²) < 4.78 is 0. The van der Waals surface area contributed by atoms with E-state index in [0.29, 0.717) is 6.54 Å². The van der Waals surface area contributed by atoms with E-state index in [-0.39, 0.29) is 5.92 Å². The molecule has 2 unspecified atom stereocenters. The van der Waals surface area contributed by atoms with Gasteiger partial charge in [-0.1, -0.05) is 12.1 Å². The highest BCUT2D eigenvalue weighted by Gasteiger charge is 2.33. The van der Waals surface area contributed by atoms with Crippen molar-refractivity contribution < 1.29 is 9.90 Å². The van der Waals surface area contributed by atoms with Crippen molar-refractivity contribution in [3.8, 4) is 0 Å². The molecule has 1 aromatic carbocycles. The van der Waals surface area contributed by atoms with Crippen LogP contribution < -0.4 is 11.1 Å². The minimum absolute atomic E-state index is 0.132. The summed E-state index contributed by atoms with van der Waals surface area (Å²) in [5.41, 5.74) is 10.1. The number of benzene rings is 1. The number of nitrogens with one attached hydrogen (secondary N) is 1. The quantitative estimate of drug-likeness (QED) is 0.700. The Morgan fingerprint density at radius 2 is 2.12 bits per heavy atom. The first-order valence-electron chi connectivity index (χ1n) is 5.34. The van der Waals surface area contributed by atoms with Crippen molar-refractivity contribution in [1.29, 1.82) is 0 Å². The summed E-state index contributed by atoms with van der Waals surface area (Å²) in [7, 11) is 0. The monoisotopic (exact) mass is 220 g/mol. The maximum Gasteiger partial charge on any atom is 0.321 e. The molecule has 0 aliphatic carbocycles. The molecule has 0 saturated heterocycles. The van der Waals surface area contributed by atoms with Crippen LogP contribution in [0.3, 0.4) is 0 Å². The number of aryl methyl sites for hydroxylation is 2. The lowest BCUT2D eigenvalue weighted by Gasteiger charge is -2.17. The molecule has 16 heavy (non-hydrogen) atoms. The molecule has 0 radical (unpaired) electrons. The first kappa shape index (κ1) is 11.0. The Balaban J connectivity index is 2.46. The number of aliphatic carboxylic acids is 1. The third-order valence-corrected chi connectivity index (χ3v) is 3.26. The van der Waals surface area contributed by atoms with Crippen molar-refractivity contribution in [2.24, 2.45) is 5.73 Å². The van der Waals surface area contributed by atoms with Crippen molar-refractivity contribution in [3.05, 3.63) is 28.8 Å². The minimum atomic E-state index is -0.944. The van der Waals surface area contributed by atoms with Crippen LogP contribution in [0.4, 0.5) is 5.69 Å². The SMILES string of the molecule is Cc1ccc(C)c2c1NCC2C(N)C(=O)O. The molecule has 0 spiro atoms. The van der Waals surface area contributed by atoms with E-state index in [1.54, 1.807) is 0 Å². The van der Waals surface area contributed by atoms with E-state index in [9.17, 15) is 4.79 Å². The molecule has 1 aliphatic heterocycles. The molecule has 2 rings (SSSR count). The lowest BCUT2D eigenvalue weighted by molar-refractivity contribution is -0.138. The number of hydrogen-bond donors (Lipinski definition) is 3. The lowest BCUT2D eigenvalue weighted by Crippen LogP contribution is -2.37. The summed E-state index contributed by atoms with van der Waals surface area (Å²) in [6.07, 6.45) is 0. The maximum absolute atomic E-state index is 10.9. The van der Waals surface area contributed by atoms with Crippen molar-refractivity contribution in [2.75, 3.05) is 11.9 Å². The van der Waals surface area contributed by atoms with Gasteiger partial charge in [-0.25, -0.2) is 0 Å². The fourth-order valence-electron chi connectivity index (χ4n) is 2.34. The van der Waals surface area contributed by atoms with E-state index in [1.807, 2.05) is 26.0 Å². The van der Waals surface area contributed by atoms with E-state index in [1.165, 1.54) is 0 Å². The number of hydrogen-bond acceptors (Lipinski definition) is 3. The van der Waals surface area contributed by atoms with Gasteiger partial charge in [-0.2, -0.15) is 0 Å². The van der Waals surface area contributed by atoms with Gasteiger partial charge in [0.15, 0.2) is 0 Å². The summed E-state index contributed by atoms with van der Waals surface area (Å²) in [6, 6.07) is 3.22. The normalized spacial score (nSPS) is 20.1. The predicted molar refractivity (Wildman–Crippen MR) is 62.8 cm³/mol. The second kappa shape index (κ2) is 3.79. The van der Waals surface area contributed by atoms with Gasteiger partial charge in [0.25, 0.3) is 0 Å². The topological polar surface area (TPSA) is 75.3 Å². The highest BCUT2D eigenvalue weighted by atomic mass is 16.4. The second-order valence-electron chi connectivity index (χ2n) is 4.34. The number of carboxylic acids is 1. The number of fused-ring (bicyclic) bond motifs is 1. The van der Waals surface area contributed by atoms with Gasteiger partial charge < -0.3 is 16.2 Å². The summed E-state index contributed by atoms with van der Waals surface area (Å²) in [5.74, 6) is -1.08. The minimum Gasteiger partial charge on any atom is -0.480 e. The molecule has 1 heterocycles. The van der Waals surface area contributed by atoms with E-state index in [4.69, 9.17) is 10.8 Å². The van der Waals surface area contributed by atoms with Crippen molar-refractivity contribution in [3.63, 3.8) is 0 Å². The third-order valence-electron chi connectivity index (χ3n) is 3.26. The zero-order valence-electron chi connectivity index (χ0n) is 9.45. The molecule has 4 N–H and O–H groups in total. The van der Waals surface area contributed by atoms with Crippen LogP contribution in [0.15, 0.2) is 12.1 Å². The summed E-state index contributed by atoms with van der Waals surface area (Å²) >= 11 is 0. The van der Waals surface area contributed by atoms with Crippen molar-refractivity contribution in [2.45, 2.75) is 25.8 Å². The van der Waals surface area contributed by atoms with Gasteiger partial charge in [-0.05, 0) is 30.5 Å². The molecular formula is C12H16N2O2. The molecule has 2 atom stereocenters. The first-order valence-corrected chi connectivity index (χ1v) is 5.34. The van der Waals surface area contributed by atoms with Crippen LogP contribution in [0, 0.1) is 13.8 Å². The fraction of sp³-hybridized carbons (Fsp3) is 0.417. The van der Waals surface area contributed by atoms with Crippen LogP contribution in [0.2, 0.25) is 0 Å². The molecule has 0 amide bonds. The molecule has 1 aromatic rings. The predicted octanol–water partition coefficient (Wildman–Crippen LogP) is 1.22. The zero-order valence-corrected chi connectivity index (χ0v) is 9.45. The number of nitrogens with two attached hydrogens (primary N) is 1. The van der Waals surface area contributed by atoms with Crippen LogP contribution in [0.1, 0.15) is 22.6 Å². The molecule has 0 fully saturated rings. The van der Waals surface area contributed by atoms with Crippen molar-refractivity contribution >= 4 is 11.7 Å². The van der Waals surface area contributed by atoms with Crippen LogP contribution in [-0.4, -0.2) is 23.7 Å². The Morgan fingerprint density at radius 1 is 1.50 bits per heavy atom. The van der Waals surface area contributed by atoms with Gasteiger partial charge in [-0.15, -0.1) is 0 Å².